The highest BCUT2D eigenvalue weighted by Gasteiger charge is 2.47. The molecule has 0 saturated carbocycles. The number of fused-ring (bicyclic) bond motifs is 2. The molecule has 2 atom stereocenters. The maximum absolute atomic E-state index is 10.1. The third-order valence-electron chi connectivity index (χ3n) is 7.48. The predicted octanol–water partition coefficient (Wildman–Crippen LogP) is 1.53. The molecule has 0 amide bonds. The molecule has 0 aliphatic carbocycles. The van der Waals surface area contributed by atoms with Crippen LogP contribution in [0.4, 0.5) is 5.82 Å². The van der Waals surface area contributed by atoms with Crippen LogP contribution >= 0.6 is 0 Å². The molecule has 172 valence electrons. The molecule has 2 fully saturated rings. The van der Waals surface area contributed by atoms with E-state index in [4.69, 9.17) is 20.4 Å². The first-order valence-electron chi connectivity index (χ1n) is 11.4. The highest BCUT2D eigenvalue weighted by Crippen LogP contribution is 2.42. The van der Waals surface area contributed by atoms with Gasteiger partial charge in [0.2, 0.25) is 0 Å². The Kier molecular flexibility index (Phi) is 4.65. The van der Waals surface area contributed by atoms with E-state index < -0.39 is 0 Å². The zero-order valence-electron chi connectivity index (χ0n) is 18.8. The summed E-state index contributed by atoms with van der Waals surface area (Å²) in [7, 11) is 1.92. The summed E-state index contributed by atoms with van der Waals surface area (Å²) in [6.07, 6.45) is 5.53. The second kappa shape index (κ2) is 7.47. The van der Waals surface area contributed by atoms with Crippen LogP contribution in [0.5, 0.6) is 0 Å². The zero-order chi connectivity index (χ0) is 22.7. The first-order valence-corrected chi connectivity index (χ1v) is 11.4. The molecule has 10 heteroatoms. The number of nitrogens with two attached hydrogens (primary N) is 1. The Hall–Kier alpha value is -3.08. The quantitative estimate of drug-likeness (QED) is 0.484. The molecule has 6 rings (SSSR count). The lowest BCUT2D eigenvalue weighted by Crippen LogP contribution is -2.51. The molecule has 10 nitrogen and oxygen atoms in total. The minimum atomic E-state index is -0.188. The Balaban J connectivity index is 1.33. The number of hydrogen-bond donors (Lipinski definition) is 2. The molecule has 5 heterocycles. The van der Waals surface area contributed by atoms with Crippen molar-refractivity contribution in [2.75, 3.05) is 24.6 Å². The average Bonchev–Trinajstić information content (AvgIpc) is 3.51. The van der Waals surface area contributed by atoms with Crippen LogP contribution in [-0.4, -0.2) is 66.5 Å². The fraction of sp³-hybridized carbons (Fsp3) is 0.478. The van der Waals surface area contributed by atoms with Crippen LogP contribution in [0.15, 0.2) is 30.6 Å². The van der Waals surface area contributed by atoms with E-state index in [-0.39, 0.29) is 24.2 Å². The average molecular weight is 449 g/mol. The van der Waals surface area contributed by atoms with E-state index in [1.54, 1.807) is 10.9 Å². The SMILES string of the molecule is C[C@@H]1OCC2(CCN(c3nc4cnn(-c5ccc6c(cnn6C)c5)c4nc3CO)CC2)[C@@H]1N. The smallest absolute Gasteiger partial charge is 0.182 e. The van der Waals surface area contributed by atoms with Crippen LogP contribution in [0.3, 0.4) is 0 Å². The van der Waals surface area contributed by atoms with Crippen molar-refractivity contribution in [2.24, 2.45) is 18.2 Å². The summed E-state index contributed by atoms with van der Waals surface area (Å²) in [5.41, 5.74) is 10.3. The summed E-state index contributed by atoms with van der Waals surface area (Å²) in [5.74, 6) is 0.725. The molecule has 2 saturated heterocycles. The number of aliphatic hydroxyl groups is 1. The third kappa shape index (κ3) is 3.12. The Morgan fingerprint density at radius 2 is 2.00 bits per heavy atom. The van der Waals surface area contributed by atoms with E-state index >= 15 is 0 Å². The van der Waals surface area contributed by atoms with Crippen molar-refractivity contribution in [3.05, 3.63) is 36.3 Å². The predicted molar refractivity (Wildman–Crippen MR) is 124 cm³/mol. The van der Waals surface area contributed by atoms with Gasteiger partial charge in [-0.3, -0.25) is 4.68 Å². The van der Waals surface area contributed by atoms with Gasteiger partial charge in [-0.2, -0.15) is 10.2 Å². The number of benzene rings is 1. The summed E-state index contributed by atoms with van der Waals surface area (Å²) in [6, 6.07) is 6.09. The molecule has 0 bridgehead atoms. The topological polar surface area (TPSA) is 120 Å². The standard InChI is InChI=1S/C23H28N8O2/c1-14-20(24)23(13-33-14)5-7-30(8-6-23)21-18(12-32)28-22-17(27-21)11-26-31(22)16-3-4-19-15(9-16)10-25-29(19)2/h3-4,9-11,14,20,32H,5-8,12-13,24H2,1-2H3/t14-,20+/m0/s1. The number of anilines is 1. The highest BCUT2D eigenvalue weighted by molar-refractivity contribution is 5.82. The summed E-state index contributed by atoms with van der Waals surface area (Å²) in [6.45, 7) is 4.20. The molecule has 33 heavy (non-hydrogen) atoms. The van der Waals surface area contributed by atoms with Crippen molar-refractivity contribution in [2.45, 2.75) is 38.5 Å². The summed E-state index contributed by atoms with van der Waals surface area (Å²) >= 11 is 0. The van der Waals surface area contributed by atoms with Gasteiger partial charge in [-0.15, -0.1) is 0 Å². The second-order valence-electron chi connectivity index (χ2n) is 9.32. The maximum Gasteiger partial charge on any atom is 0.182 e. The van der Waals surface area contributed by atoms with Crippen molar-refractivity contribution in [3.8, 4) is 5.69 Å². The number of rotatable bonds is 3. The van der Waals surface area contributed by atoms with E-state index in [9.17, 15) is 5.11 Å². The summed E-state index contributed by atoms with van der Waals surface area (Å²) < 4.78 is 9.45. The lowest BCUT2D eigenvalue weighted by Gasteiger charge is -2.41. The minimum absolute atomic E-state index is 0.0304. The number of ether oxygens (including phenoxy) is 1. The lowest BCUT2D eigenvalue weighted by atomic mass is 9.73. The van der Waals surface area contributed by atoms with Gasteiger partial charge in [0.15, 0.2) is 11.5 Å². The Bertz CT molecular complexity index is 1340. The Morgan fingerprint density at radius 3 is 2.73 bits per heavy atom. The largest absolute Gasteiger partial charge is 0.390 e. The molecular formula is C23H28N8O2. The number of nitrogens with zero attached hydrogens (tertiary/aromatic N) is 7. The zero-order valence-corrected chi connectivity index (χ0v) is 18.8. The molecule has 0 radical (unpaired) electrons. The highest BCUT2D eigenvalue weighted by atomic mass is 16.5. The van der Waals surface area contributed by atoms with E-state index in [1.807, 2.05) is 36.1 Å². The van der Waals surface area contributed by atoms with E-state index in [0.717, 1.165) is 54.9 Å². The molecule has 1 spiro atoms. The Morgan fingerprint density at radius 1 is 1.18 bits per heavy atom. The molecule has 1 aromatic carbocycles. The van der Waals surface area contributed by atoms with Crippen LogP contribution < -0.4 is 10.6 Å². The van der Waals surface area contributed by atoms with Crippen molar-refractivity contribution < 1.29 is 9.84 Å². The third-order valence-corrected chi connectivity index (χ3v) is 7.48. The van der Waals surface area contributed by atoms with Crippen LogP contribution in [0.2, 0.25) is 0 Å². The molecule has 3 N–H and O–H groups in total. The van der Waals surface area contributed by atoms with Crippen LogP contribution in [0.25, 0.3) is 27.8 Å². The molecule has 3 aromatic heterocycles. The monoisotopic (exact) mass is 448 g/mol. The van der Waals surface area contributed by atoms with E-state index in [1.165, 1.54) is 0 Å². The van der Waals surface area contributed by atoms with E-state index in [0.29, 0.717) is 16.9 Å². The van der Waals surface area contributed by atoms with Crippen molar-refractivity contribution in [3.63, 3.8) is 0 Å². The van der Waals surface area contributed by atoms with Gasteiger partial charge in [-0.1, -0.05) is 0 Å². The Labute approximate surface area is 191 Å². The van der Waals surface area contributed by atoms with Crippen molar-refractivity contribution in [1.29, 1.82) is 0 Å². The normalized spacial score (nSPS) is 22.7. The second-order valence-corrected chi connectivity index (χ2v) is 9.32. The number of piperidine rings is 1. The van der Waals surface area contributed by atoms with Gasteiger partial charge in [0, 0.05) is 37.0 Å². The van der Waals surface area contributed by atoms with Crippen LogP contribution in [-0.2, 0) is 18.4 Å². The van der Waals surface area contributed by atoms with Gasteiger partial charge in [-0.05, 0) is 38.0 Å². The number of aromatic nitrogens is 6. The van der Waals surface area contributed by atoms with Gasteiger partial charge in [0.1, 0.15) is 11.2 Å². The summed E-state index contributed by atoms with van der Waals surface area (Å²) in [5, 5.41) is 20.0. The first kappa shape index (κ1) is 20.5. The van der Waals surface area contributed by atoms with Crippen molar-refractivity contribution in [1.82, 2.24) is 29.5 Å². The van der Waals surface area contributed by atoms with Gasteiger partial charge in [0.05, 0.1) is 42.9 Å². The fourth-order valence-corrected chi connectivity index (χ4v) is 5.34. The molecule has 2 aliphatic rings. The van der Waals surface area contributed by atoms with Crippen LogP contribution in [0, 0.1) is 5.41 Å². The molecule has 0 unspecified atom stereocenters. The molecular weight excluding hydrogens is 420 g/mol. The molecule has 2 aliphatic heterocycles. The molecule has 4 aromatic rings. The maximum atomic E-state index is 10.1. The fourth-order valence-electron chi connectivity index (χ4n) is 5.34. The van der Waals surface area contributed by atoms with Gasteiger partial charge < -0.3 is 20.5 Å². The minimum Gasteiger partial charge on any atom is -0.390 e. The number of hydrogen-bond acceptors (Lipinski definition) is 8. The van der Waals surface area contributed by atoms with Gasteiger partial charge >= 0.3 is 0 Å². The van der Waals surface area contributed by atoms with Crippen molar-refractivity contribution >= 4 is 27.9 Å². The van der Waals surface area contributed by atoms with Gasteiger partial charge in [-0.25, -0.2) is 14.6 Å². The number of aryl methyl sites for hydroxylation is 1. The van der Waals surface area contributed by atoms with Gasteiger partial charge in [0.25, 0.3) is 0 Å². The first-order chi connectivity index (χ1) is 16.0. The van der Waals surface area contributed by atoms with E-state index in [2.05, 4.69) is 22.0 Å². The lowest BCUT2D eigenvalue weighted by molar-refractivity contribution is 0.0973. The number of aliphatic hydroxyl groups excluding tert-OH is 1. The summed E-state index contributed by atoms with van der Waals surface area (Å²) in [4.78, 5) is 11.9. The van der Waals surface area contributed by atoms with Crippen LogP contribution in [0.1, 0.15) is 25.5 Å².